The Labute approximate surface area is 259 Å². The van der Waals surface area contributed by atoms with Gasteiger partial charge >= 0.3 is 0 Å². The van der Waals surface area contributed by atoms with Crippen LogP contribution in [0.15, 0.2) is 28.4 Å². The Bertz CT molecular complexity index is 1650. The van der Waals surface area contributed by atoms with Crippen molar-refractivity contribution in [2.75, 3.05) is 38.4 Å². The van der Waals surface area contributed by atoms with Crippen LogP contribution in [0.3, 0.4) is 0 Å². The zero-order valence-electron chi connectivity index (χ0n) is 25.8. The van der Waals surface area contributed by atoms with E-state index in [1.165, 1.54) is 16.2 Å². The van der Waals surface area contributed by atoms with Gasteiger partial charge in [-0.15, -0.1) is 11.3 Å². The van der Waals surface area contributed by atoms with Gasteiger partial charge in [0, 0.05) is 54.2 Å². The number of Topliss-reactive ketones (excluding diaryl/α,β-unsaturated/α-hetero) is 2. The molecule has 0 aliphatic heterocycles. The van der Waals surface area contributed by atoms with E-state index in [0.717, 1.165) is 5.69 Å². The fourth-order valence-corrected chi connectivity index (χ4v) is 7.69. The molecule has 1 unspecified atom stereocenters. The van der Waals surface area contributed by atoms with Crippen LogP contribution in [0.25, 0.3) is 5.76 Å². The summed E-state index contributed by atoms with van der Waals surface area (Å²) >= 11 is 1.44. The summed E-state index contributed by atoms with van der Waals surface area (Å²) in [6.07, 6.45) is 0.244. The third-order valence-electron chi connectivity index (χ3n) is 8.96. The number of ketones is 2. The van der Waals surface area contributed by atoms with E-state index < -0.39 is 58.0 Å². The smallest absolute Gasteiger partial charge is 0.255 e. The summed E-state index contributed by atoms with van der Waals surface area (Å²) in [5.41, 5.74) is 4.31. The highest BCUT2D eigenvalue weighted by Gasteiger charge is 2.64. The molecule has 0 radical (unpaired) electrons. The van der Waals surface area contributed by atoms with Crippen molar-refractivity contribution in [1.29, 1.82) is 0 Å². The van der Waals surface area contributed by atoms with Gasteiger partial charge in [-0.3, -0.25) is 19.3 Å². The minimum Gasteiger partial charge on any atom is -0.508 e. The first-order valence-corrected chi connectivity index (χ1v) is 15.2. The van der Waals surface area contributed by atoms with Gasteiger partial charge in [-0.2, -0.15) is 0 Å². The summed E-state index contributed by atoms with van der Waals surface area (Å²) in [6, 6.07) is 0.686. The number of primary amides is 1. The van der Waals surface area contributed by atoms with Gasteiger partial charge in [-0.25, -0.2) is 4.98 Å². The van der Waals surface area contributed by atoms with Crippen LogP contribution in [-0.4, -0.2) is 87.6 Å². The number of carbonyl (C=O) groups is 3. The molecular weight excluding hydrogens is 586 g/mol. The van der Waals surface area contributed by atoms with Gasteiger partial charge < -0.3 is 36.4 Å². The summed E-state index contributed by atoms with van der Waals surface area (Å²) in [5, 5.41) is 51.9. The Morgan fingerprint density at radius 3 is 2.39 bits per heavy atom. The molecule has 0 bridgehead atoms. The van der Waals surface area contributed by atoms with Gasteiger partial charge in [-0.1, -0.05) is 20.8 Å². The number of nitrogens with zero attached hydrogens (tertiary/aromatic N) is 3. The van der Waals surface area contributed by atoms with Crippen molar-refractivity contribution < 1.29 is 34.8 Å². The highest BCUT2D eigenvalue weighted by Crippen LogP contribution is 2.54. The van der Waals surface area contributed by atoms with E-state index in [1.807, 2.05) is 30.4 Å². The maximum Gasteiger partial charge on any atom is 0.255 e. The summed E-state index contributed by atoms with van der Waals surface area (Å²) < 4.78 is 0. The average molecular weight is 626 g/mol. The van der Waals surface area contributed by atoms with Crippen LogP contribution in [0.2, 0.25) is 0 Å². The average Bonchev–Trinajstić information content (AvgIpc) is 3.39. The molecule has 1 aromatic heterocycles. The number of hydrogen-bond acceptors (Lipinski definition) is 12. The molecule has 2 aromatic rings. The maximum absolute atomic E-state index is 14.1. The number of phenols is 1. The van der Waals surface area contributed by atoms with E-state index in [1.54, 1.807) is 14.1 Å². The van der Waals surface area contributed by atoms with Gasteiger partial charge in [0.05, 0.1) is 17.3 Å². The van der Waals surface area contributed by atoms with Gasteiger partial charge in [0.15, 0.2) is 16.5 Å². The molecule has 0 saturated heterocycles. The molecule has 1 fully saturated rings. The number of aromatic nitrogens is 1. The van der Waals surface area contributed by atoms with Crippen LogP contribution in [0.1, 0.15) is 49.6 Å². The number of aromatic hydroxyl groups is 1. The number of aliphatic hydroxyl groups is 3. The molecule has 0 spiro atoms. The first-order valence-electron chi connectivity index (χ1n) is 14.3. The number of rotatable bonds is 6. The zero-order valence-corrected chi connectivity index (χ0v) is 26.7. The van der Waals surface area contributed by atoms with Crippen molar-refractivity contribution in [1.82, 2.24) is 9.88 Å². The quantitative estimate of drug-likeness (QED) is 0.259. The van der Waals surface area contributed by atoms with Crippen molar-refractivity contribution in [3.63, 3.8) is 0 Å². The summed E-state index contributed by atoms with van der Waals surface area (Å²) in [5.74, 6) is -6.73. The number of benzene rings is 1. The van der Waals surface area contributed by atoms with Crippen molar-refractivity contribution in [3.8, 4) is 5.75 Å². The highest BCUT2D eigenvalue weighted by atomic mass is 32.1. The number of carbonyl (C=O) groups excluding carboxylic acids is 3. The first-order chi connectivity index (χ1) is 20.4. The molecule has 1 aromatic carbocycles. The molecule has 12 nitrogen and oxygen atoms in total. The number of fused-ring (bicyclic) bond motifs is 3. The van der Waals surface area contributed by atoms with Crippen molar-refractivity contribution >= 4 is 45.4 Å². The molecule has 4 atom stereocenters. The van der Waals surface area contributed by atoms with Crippen LogP contribution in [0.4, 0.5) is 10.8 Å². The largest absolute Gasteiger partial charge is 0.508 e. The molecular formula is C31H39N5O7S. The molecule has 1 amide bonds. The number of likely N-dealkylation sites (N-methyl/N-ethyl adjacent to an activating group) is 1. The normalized spacial score (nSPS) is 25.2. The van der Waals surface area contributed by atoms with Gasteiger partial charge in [-0.05, 0) is 44.5 Å². The number of anilines is 2. The molecule has 236 valence electrons. The van der Waals surface area contributed by atoms with Gasteiger partial charge in [0.1, 0.15) is 22.8 Å². The topological polar surface area (TPSA) is 190 Å². The Kier molecular flexibility index (Phi) is 7.58. The maximum atomic E-state index is 14.1. The van der Waals surface area contributed by atoms with Crippen LogP contribution in [-0.2, 0) is 32.8 Å². The fourth-order valence-electron chi connectivity index (χ4n) is 6.75. The summed E-state index contributed by atoms with van der Waals surface area (Å²) in [4.78, 5) is 47.6. The monoisotopic (exact) mass is 625 g/mol. The van der Waals surface area contributed by atoms with Crippen molar-refractivity contribution in [2.24, 2.45) is 17.6 Å². The SMILES string of the molecule is CN(C)c1cc(CNc2nc(C(C)(C)C)cs2)c(O)c2c1C[C@@H]1C[C@@H]3C(N(C)C)C(=O)C(C(N)=O)=C(O)[C@]3(O)C(=O)C1=C2O. The van der Waals surface area contributed by atoms with E-state index in [4.69, 9.17) is 5.73 Å². The molecule has 1 heterocycles. The van der Waals surface area contributed by atoms with Crippen LogP contribution in [0, 0.1) is 11.8 Å². The first kappa shape index (κ1) is 31.5. The lowest BCUT2D eigenvalue weighted by Gasteiger charge is -2.50. The van der Waals surface area contributed by atoms with Crippen molar-refractivity contribution in [2.45, 2.75) is 57.2 Å². The number of nitrogens with one attached hydrogen (secondary N) is 1. The second-order valence-corrected chi connectivity index (χ2v) is 14.1. The van der Waals surface area contributed by atoms with Gasteiger partial charge in [0.25, 0.3) is 5.91 Å². The summed E-state index contributed by atoms with van der Waals surface area (Å²) in [7, 11) is 6.80. The van der Waals surface area contributed by atoms with Gasteiger partial charge in [0.2, 0.25) is 5.78 Å². The minimum absolute atomic E-state index is 0.0306. The Morgan fingerprint density at radius 2 is 1.84 bits per heavy atom. The number of hydrogen-bond donors (Lipinski definition) is 6. The lowest BCUT2D eigenvalue weighted by molar-refractivity contribution is -0.153. The second kappa shape index (κ2) is 10.6. The number of thiazole rings is 1. The van der Waals surface area contributed by atoms with Crippen LogP contribution < -0.4 is 16.0 Å². The lowest BCUT2D eigenvalue weighted by Crippen LogP contribution is -2.65. The van der Waals surface area contributed by atoms with E-state index in [2.05, 4.69) is 31.1 Å². The molecule has 44 heavy (non-hydrogen) atoms. The second-order valence-electron chi connectivity index (χ2n) is 13.3. The number of phenolic OH excluding ortho intramolecular Hbond substituents is 1. The fraction of sp³-hybridized carbons (Fsp3) is 0.484. The van der Waals surface area contributed by atoms with E-state index in [0.29, 0.717) is 21.9 Å². The Morgan fingerprint density at radius 1 is 1.18 bits per heavy atom. The molecule has 3 aliphatic rings. The minimum atomic E-state index is -2.68. The highest BCUT2D eigenvalue weighted by molar-refractivity contribution is 7.13. The number of amides is 1. The zero-order chi connectivity index (χ0) is 32.6. The molecule has 7 N–H and O–H groups in total. The standard InChI is InChI=1S/C31H39N5O7S/c1-30(2,3)18-12-44-29(34-18)33-11-14-10-17(35(4)5)15-8-13-9-16-22(36(6)7)25(39)21(28(32)42)27(41)31(16,43)26(40)19(13)24(38)20(15)23(14)37/h10,12-13,16,22,37-38,41,43H,8-9,11H2,1-7H3,(H2,32,42)(H,33,34)/t13-,16-,22?,31-/m1/s1. The number of aliphatic hydroxyl groups excluding tert-OH is 2. The third kappa shape index (κ3) is 4.65. The predicted molar refractivity (Wildman–Crippen MR) is 167 cm³/mol. The Balaban J connectivity index is 1.63. The molecule has 1 saturated carbocycles. The Hall–Kier alpha value is -3.94. The molecule has 13 heteroatoms. The molecule has 5 rings (SSSR count). The summed E-state index contributed by atoms with van der Waals surface area (Å²) in [6.45, 7) is 6.36. The molecule has 3 aliphatic carbocycles. The van der Waals surface area contributed by atoms with Crippen LogP contribution >= 0.6 is 11.3 Å². The predicted octanol–water partition coefficient (Wildman–Crippen LogP) is 2.40. The van der Waals surface area contributed by atoms with Crippen molar-refractivity contribution in [3.05, 3.63) is 50.7 Å². The number of nitrogens with two attached hydrogens (primary N) is 1. The van der Waals surface area contributed by atoms with E-state index in [-0.39, 0.29) is 41.7 Å². The lowest BCUT2D eigenvalue weighted by atomic mass is 9.57. The van der Waals surface area contributed by atoms with E-state index >= 15 is 0 Å². The third-order valence-corrected chi connectivity index (χ3v) is 9.76. The van der Waals surface area contributed by atoms with Crippen LogP contribution in [0.5, 0.6) is 5.75 Å². The van der Waals surface area contributed by atoms with E-state index in [9.17, 15) is 34.8 Å².